The zero-order chi connectivity index (χ0) is 21.6. The van der Waals surface area contributed by atoms with Crippen molar-refractivity contribution in [3.63, 3.8) is 0 Å². The highest BCUT2D eigenvalue weighted by Gasteiger charge is 2.17. The lowest BCUT2D eigenvalue weighted by Crippen LogP contribution is -3.12. The molecule has 0 saturated carbocycles. The summed E-state index contributed by atoms with van der Waals surface area (Å²) in [6.07, 6.45) is 4.92. The number of piperidine rings is 1. The van der Waals surface area contributed by atoms with Crippen molar-refractivity contribution in [1.29, 1.82) is 0 Å². The van der Waals surface area contributed by atoms with Crippen molar-refractivity contribution >= 4 is 21.6 Å². The Morgan fingerprint density at radius 1 is 1.00 bits per heavy atom. The molecule has 0 atom stereocenters. The van der Waals surface area contributed by atoms with Gasteiger partial charge in [-0.1, -0.05) is 12.1 Å². The van der Waals surface area contributed by atoms with Crippen LogP contribution in [-0.2, 0) is 10.0 Å². The molecule has 0 bridgehead atoms. The number of aryl methyl sites for hydroxylation is 2. The van der Waals surface area contributed by atoms with Gasteiger partial charge in [-0.3, -0.25) is 9.52 Å². The molecule has 0 spiro atoms. The van der Waals surface area contributed by atoms with E-state index in [-0.39, 0.29) is 10.8 Å². The van der Waals surface area contributed by atoms with Crippen molar-refractivity contribution in [2.75, 3.05) is 30.9 Å². The fourth-order valence-electron chi connectivity index (χ4n) is 3.84. The Bertz CT molecular complexity index is 966. The third-order valence-electron chi connectivity index (χ3n) is 5.59. The van der Waals surface area contributed by atoms with E-state index < -0.39 is 10.0 Å². The Hall–Kier alpha value is -2.38. The topological polar surface area (TPSA) is 79.7 Å². The molecule has 0 radical (unpaired) electrons. The van der Waals surface area contributed by atoms with Crippen LogP contribution in [0.3, 0.4) is 0 Å². The normalized spacial score (nSPS) is 15.0. The zero-order valence-electron chi connectivity index (χ0n) is 17.8. The van der Waals surface area contributed by atoms with Crippen LogP contribution in [0.2, 0.25) is 0 Å². The van der Waals surface area contributed by atoms with E-state index >= 15 is 0 Å². The lowest BCUT2D eigenvalue weighted by molar-refractivity contribution is -0.904. The first-order valence-electron chi connectivity index (χ1n) is 10.7. The Morgan fingerprint density at radius 2 is 1.70 bits per heavy atom. The predicted molar refractivity (Wildman–Crippen MR) is 120 cm³/mol. The Kier molecular flexibility index (Phi) is 7.50. The second kappa shape index (κ2) is 10.1. The number of hydrogen-bond donors (Lipinski definition) is 3. The number of hydrogen-bond acceptors (Lipinski definition) is 3. The number of carbonyl (C=O) groups is 1. The van der Waals surface area contributed by atoms with Crippen LogP contribution in [0.4, 0.5) is 5.69 Å². The molecule has 3 N–H and O–H groups in total. The summed E-state index contributed by atoms with van der Waals surface area (Å²) in [5, 5.41) is 2.95. The van der Waals surface area contributed by atoms with Gasteiger partial charge in [0.1, 0.15) is 0 Å². The van der Waals surface area contributed by atoms with Gasteiger partial charge in [-0.2, -0.15) is 0 Å². The summed E-state index contributed by atoms with van der Waals surface area (Å²) in [5.74, 6) is -0.132. The lowest BCUT2D eigenvalue weighted by atomic mass is 10.1. The standard InChI is InChI=1S/C23H31N3O3S/c1-18-7-8-19(2)22(17-18)30(28,29)25-21-11-9-20(10-12-21)23(27)24-13-6-16-26-14-4-3-5-15-26/h7-12,17,25H,3-6,13-16H2,1-2H3,(H,24,27)/p+1. The highest BCUT2D eigenvalue weighted by Crippen LogP contribution is 2.21. The summed E-state index contributed by atoms with van der Waals surface area (Å²) in [6.45, 7) is 7.87. The van der Waals surface area contributed by atoms with Gasteiger partial charge in [-0.05, 0) is 74.6 Å². The smallest absolute Gasteiger partial charge is 0.262 e. The molecule has 6 nitrogen and oxygen atoms in total. The summed E-state index contributed by atoms with van der Waals surface area (Å²) < 4.78 is 28.0. The monoisotopic (exact) mass is 430 g/mol. The highest BCUT2D eigenvalue weighted by atomic mass is 32.2. The summed E-state index contributed by atoms with van der Waals surface area (Å²) in [6, 6.07) is 11.9. The molecule has 0 aliphatic carbocycles. The first-order chi connectivity index (χ1) is 14.3. The molecule has 30 heavy (non-hydrogen) atoms. The SMILES string of the molecule is Cc1ccc(C)c(S(=O)(=O)Nc2ccc(C(=O)NCCC[NH+]3CCCCC3)cc2)c1. The van der Waals surface area contributed by atoms with Crippen molar-refractivity contribution in [3.05, 3.63) is 59.2 Å². The molecule has 7 heteroatoms. The minimum Gasteiger partial charge on any atom is -0.352 e. The molecule has 2 aromatic carbocycles. The minimum absolute atomic E-state index is 0.132. The van der Waals surface area contributed by atoms with Crippen LogP contribution in [0.25, 0.3) is 0 Å². The molecule has 1 fully saturated rings. The molecule has 1 amide bonds. The molecule has 1 heterocycles. The van der Waals surface area contributed by atoms with Crippen LogP contribution in [0.1, 0.15) is 47.2 Å². The number of nitrogens with one attached hydrogen (secondary N) is 3. The number of rotatable bonds is 8. The molecule has 162 valence electrons. The minimum atomic E-state index is -3.68. The fraction of sp³-hybridized carbons (Fsp3) is 0.435. The van der Waals surface area contributed by atoms with Gasteiger partial charge in [0.05, 0.1) is 24.5 Å². The zero-order valence-corrected chi connectivity index (χ0v) is 18.6. The van der Waals surface area contributed by atoms with Gasteiger partial charge in [0.15, 0.2) is 0 Å². The maximum atomic E-state index is 12.7. The Labute approximate surface area is 179 Å². The van der Waals surface area contributed by atoms with Gasteiger partial charge in [-0.25, -0.2) is 8.42 Å². The van der Waals surface area contributed by atoms with Crippen molar-refractivity contribution in [3.8, 4) is 0 Å². The van der Waals surface area contributed by atoms with E-state index in [2.05, 4.69) is 10.0 Å². The third-order valence-corrected chi connectivity index (χ3v) is 7.11. The number of benzene rings is 2. The number of anilines is 1. The van der Waals surface area contributed by atoms with Crippen LogP contribution >= 0.6 is 0 Å². The van der Waals surface area contributed by atoms with E-state index in [1.807, 2.05) is 13.0 Å². The highest BCUT2D eigenvalue weighted by molar-refractivity contribution is 7.92. The molecule has 0 unspecified atom stereocenters. The van der Waals surface area contributed by atoms with Crippen LogP contribution in [0.15, 0.2) is 47.4 Å². The molecule has 2 aromatic rings. The molecule has 3 rings (SSSR count). The Balaban J connectivity index is 1.52. The number of amides is 1. The molecule has 1 aliphatic rings. The van der Waals surface area contributed by atoms with E-state index in [0.29, 0.717) is 23.4 Å². The van der Waals surface area contributed by atoms with Crippen molar-refractivity contribution in [1.82, 2.24) is 5.32 Å². The summed E-state index contributed by atoms with van der Waals surface area (Å²) in [5.41, 5.74) is 2.53. The van der Waals surface area contributed by atoms with Gasteiger partial charge in [0.25, 0.3) is 15.9 Å². The number of sulfonamides is 1. The van der Waals surface area contributed by atoms with E-state index in [1.54, 1.807) is 48.2 Å². The van der Waals surface area contributed by atoms with Crippen LogP contribution in [0.5, 0.6) is 0 Å². The van der Waals surface area contributed by atoms with Crippen molar-refractivity contribution < 1.29 is 18.1 Å². The average molecular weight is 431 g/mol. The third kappa shape index (κ3) is 6.06. The molecule has 1 aliphatic heterocycles. The molecule has 0 aromatic heterocycles. The van der Waals surface area contributed by atoms with Gasteiger partial charge in [0, 0.05) is 24.2 Å². The summed E-state index contributed by atoms with van der Waals surface area (Å²) in [7, 11) is -3.68. The maximum Gasteiger partial charge on any atom is 0.262 e. The van der Waals surface area contributed by atoms with Gasteiger partial charge in [-0.15, -0.1) is 0 Å². The average Bonchev–Trinajstić information content (AvgIpc) is 2.74. The lowest BCUT2D eigenvalue weighted by Gasteiger charge is -2.23. The number of quaternary nitrogens is 1. The van der Waals surface area contributed by atoms with Crippen LogP contribution in [-0.4, -0.2) is 40.5 Å². The first-order valence-corrected chi connectivity index (χ1v) is 12.2. The largest absolute Gasteiger partial charge is 0.352 e. The predicted octanol–water partition coefficient (Wildman–Crippen LogP) is 2.29. The fourth-order valence-corrected chi connectivity index (χ4v) is 5.23. The Morgan fingerprint density at radius 3 is 2.40 bits per heavy atom. The molecular weight excluding hydrogens is 398 g/mol. The summed E-state index contributed by atoms with van der Waals surface area (Å²) in [4.78, 5) is 14.2. The van der Waals surface area contributed by atoms with E-state index in [9.17, 15) is 13.2 Å². The van der Waals surface area contributed by atoms with Crippen LogP contribution in [0, 0.1) is 13.8 Å². The first kappa shape index (κ1) is 22.3. The van der Waals surface area contributed by atoms with Crippen LogP contribution < -0.4 is 14.9 Å². The number of carbonyl (C=O) groups excluding carboxylic acids is 1. The van der Waals surface area contributed by atoms with E-state index in [1.165, 1.54) is 32.4 Å². The maximum absolute atomic E-state index is 12.7. The summed E-state index contributed by atoms with van der Waals surface area (Å²) >= 11 is 0. The second-order valence-corrected chi connectivity index (χ2v) is 9.77. The molecular formula is C23H32N3O3S+. The van der Waals surface area contributed by atoms with Crippen molar-refractivity contribution in [2.45, 2.75) is 44.4 Å². The molecule has 1 saturated heterocycles. The van der Waals surface area contributed by atoms with Crippen molar-refractivity contribution in [2.24, 2.45) is 0 Å². The van der Waals surface area contributed by atoms with E-state index in [0.717, 1.165) is 18.5 Å². The van der Waals surface area contributed by atoms with Gasteiger partial charge < -0.3 is 10.2 Å². The van der Waals surface area contributed by atoms with Gasteiger partial charge in [0.2, 0.25) is 0 Å². The number of likely N-dealkylation sites (tertiary alicyclic amines) is 1. The van der Waals surface area contributed by atoms with E-state index in [4.69, 9.17) is 0 Å². The second-order valence-electron chi connectivity index (χ2n) is 8.12. The quantitative estimate of drug-likeness (QED) is 0.562. The van der Waals surface area contributed by atoms with Gasteiger partial charge >= 0.3 is 0 Å².